The summed E-state index contributed by atoms with van der Waals surface area (Å²) in [4.78, 5) is 1.22. The lowest BCUT2D eigenvalue weighted by Gasteiger charge is -1.95. The fraction of sp³-hybridized carbons (Fsp3) is 0.333. The molecule has 2 N–H and O–H groups in total. The topological polar surface area (TPSA) is 49.3 Å². The van der Waals surface area contributed by atoms with Gasteiger partial charge in [0.1, 0.15) is 0 Å². The van der Waals surface area contributed by atoms with Crippen LogP contribution in [-0.2, 0) is 17.7 Å². The molecule has 11 heavy (non-hydrogen) atoms. The highest BCUT2D eigenvalue weighted by Crippen LogP contribution is 2.07. The zero-order valence-corrected chi connectivity index (χ0v) is 7.45. The maximum absolute atomic E-state index is 10.1. The molecule has 1 atom stereocenters. The van der Waals surface area contributed by atoms with Crippen LogP contribution in [0.15, 0.2) is 17.5 Å². The molecule has 0 bridgehead atoms. The monoisotopic (exact) mass is 191 g/mol. The second-order valence-corrected chi connectivity index (χ2v) is 3.79. The van der Waals surface area contributed by atoms with Gasteiger partial charge in [-0.1, -0.05) is 6.07 Å². The molecule has 0 aromatic carbocycles. The molecule has 0 saturated carbocycles. The summed E-state index contributed by atoms with van der Waals surface area (Å²) in [5.74, 6) is 0. The average molecular weight is 191 g/mol. The molecule has 0 amide bonds. The lowest BCUT2D eigenvalue weighted by Crippen LogP contribution is -2.18. The summed E-state index contributed by atoms with van der Waals surface area (Å²) in [6.45, 7) is 0.545. The van der Waals surface area contributed by atoms with Gasteiger partial charge < -0.3 is 0 Å². The van der Waals surface area contributed by atoms with Crippen molar-refractivity contribution in [2.45, 2.75) is 6.42 Å². The van der Waals surface area contributed by atoms with E-state index in [2.05, 4.69) is 4.72 Å². The lowest BCUT2D eigenvalue weighted by atomic mass is 10.3. The van der Waals surface area contributed by atoms with Gasteiger partial charge in [-0.3, -0.25) is 4.55 Å². The van der Waals surface area contributed by atoms with E-state index in [1.165, 1.54) is 4.88 Å². The van der Waals surface area contributed by atoms with Gasteiger partial charge in [0.05, 0.1) is 0 Å². The number of thiophene rings is 1. The fourth-order valence-electron chi connectivity index (χ4n) is 0.716. The highest BCUT2D eigenvalue weighted by Gasteiger charge is 1.94. The van der Waals surface area contributed by atoms with E-state index in [9.17, 15) is 4.21 Å². The van der Waals surface area contributed by atoms with Gasteiger partial charge in [-0.15, -0.1) is 11.3 Å². The molecular formula is C6H9NO2S2. The van der Waals surface area contributed by atoms with E-state index >= 15 is 0 Å². The molecule has 1 rings (SSSR count). The first kappa shape index (κ1) is 8.86. The van der Waals surface area contributed by atoms with Gasteiger partial charge in [0.2, 0.25) is 11.3 Å². The van der Waals surface area contributed by atoms with Crippen molar-refractivity contribution in [1.29, 1.82) is 0 Å². The van der Waals surface area contributed by atoms with Gasteiger partial charge in [-0.25, -0.2) is 8.93 Å². The molecule has 1 aromatic rings. The summed E-state index contributed by atoms with van der Waals surface area (Å²) in [6.07, 6.45) is 0.809. The third kappa shape index (κ3) is 3.62. The van der Waals surface area contributed by atoms with E-state index in [1.807, 2.05) is 17.5 Å². The Morgan fingerprint density at radius 1 is 1.73 bits per heavy atom. The normalized spacial score (nSPS) is 13.2. The van der Waals surface area contributed by atoms with Crippen molar-refractivity contribution in [3.63, 3.8) is 0 Å². The van der Waals surface area contributed by atoms with E-state index < -0.39 is 11.3 Å². The van der Waals surface area contributed by atoms with Gasteiger partial charge in [0.15, 0.2) is 0 Å². The van der Waals surface area contributed by atoms with Gasteiger partial charge >= 0.3 is 0 Å². The highest BCUT2D eigenvalue weighted by molar-refractivity contribution is 7.77. The zero-order chi connectivity index (χ0) is 8.10. The molecule has 0 aliphatic rings. The summed E-state index contributed by atoms with van der Waals surface area (Å²) in [5, 5.41) is 1.99. The molecule has 0 radical (unpaired) electrons. The van der Waals surface area contributed by atoms with Gasteiger partial charge in [0, 0.05) is 11.4 Å². The summed E-state index contributed by atoms with van der Waals surface area (Å²) < 4.78 is 20.9. The number of hydrogen-bond donors (Lipinski definition) is 2. The van der Waals surface area contributed by atoms with Crippen LogP contribution >= 0.6 is 11.3 Å². The van der Waals surface area contributed by atoms with E-state index in [0.717, 1.165) is 6.42 Å². The van der Waals surface area contributed by atoms with Gasteiger partial charge in [0.25, 0.3) is 0 Å². The minimum atomic E-state index is -1.87. The smallest absolute Gasteiger partial charge is 0.231 e. The zero-order valence-electron chi connectivity index (χ0n) is 5.82. The largest absolute Gasteiger partial charge is 0.294 e. The Kier molecular flexibility index (Phi) is 3.71. The van der Waals surface area contributed by atoms with Crippen molar-refractivity contribution in [2.75, 3.05) is 6.54 Å². The van der Waals surface area contributed by atoms with E-state index in [-0.39, 0.29) is 0 Å². The van der Waals surface area contributed by atoms with Crippen molar-refractivity contribution < 1.29 is 8.76 Å². The third-order valence-electron chi connectivity index (χ3n) is 1.18. The van der Waals surface area contributed by atoms with Crippen molar-refractivity contribution in [1.82, 2.24) is 4.72 Å². The Bertz CT molecular complexity index is 222. The maximum atomic E-state index is 10.1. The van der Waals surface area contributed by atoms with E-state index in [4.69, 9.17) is 4.55 Å². The first-order valence-corrected chi connectivity index (χ1v) is 5.14. The van der Waals surface area contributed by atoms with Crippen LogP contribution in [0.5, 0.6) is 0 Å². The van der Waals surface area contributed by atoms with E-state index in [0.29, 0.717) is 6.54 Å². The fourth-order valence-corrected chi connectivity index (χ4v) is 1.70. The summed E-state index contributed by atoms with van der Waals surface area (Å²) in [6, 6.07) is 3.97. The van der Waals surface area contributed by atoms with Gasteiger partial charge in [-0.2, -0.15) is 0 Å². The first-order valence-electron chi connectivity index (χ1n) is 3.16. The van der Waals surface area contributed by atoms with E-state index in [1.54, 1.807) is 11.3 Å². The second-order valence-electron chi connectivity index (χ2n) is 1.97. The van der Waals surface area contributed by atoms with Crippen LogP contribution in [0.25, 0.3) is 0 Å². The lowest BCUT2D eigenvalue weighted by molar-refractivity contribution is 0.549. The van der Waals surface area contributed by atoms with Crippen LogP contribution in [0, 0.1) is 0 Å². The third-order valence-corrected chi connectivity index (χ3v) is 2.56. The Balaban J connectivity index is 2.19. The number of rotatable bonds is 4. The van der Waals surface area contributed by atoms with Crippen LogP contribution in [0.4, 0.5) is 0 Å². The molecule has 3 nitrogen and oxygen atoms in total. The number of hydrogen-bond acceptors (Lipinski definition) is 2. The first-order chi connectivity index (χ1) is 5.29. The molecule has 0 spiro atoms. The molecule has 1 aromatic heterocycles. The average Bonchev–Trinajstić information content (AvgIpc) is 2.39. The molecular weight excluding hydrogens is 182 g/mol. The molecule has 5 heteroatoms. The van der Waals surface area contributed by atoms with Crippen molar-refractivity contribution in [2.24, 2.45) is 0 Å². The van der Waals surface area contributed by atoms with Crippen LogP contribution < -0.4 is 4.72 Å². The standard InChI is InChI=1S/C6H9NO2S2/c8-11(9)7-4-3-6-2-1-5-10-6/h1-2,5,7H,3-4H2,(H,8,9). The molecule has 0 aliphatic heterocycles. The molecule has 1 unspecified atom stereocenters. The SMILES string of the molecule is O=S(O)NCCc1cccs1. The van der Waals surface area contributed by atoms with Crippen LogP contribution in [0.2, 0.25) is 0 Å². The summed E-state index contributed by atoms with van der Waals surface area (Å²) >= 11 is -0.218. The number of nitrogens with one attached hydrogen (secondary N) is 1. The van der Waals surface area contributed by atoms with Crippen molar-refractivity contribution in [3.05, 3.63) is 22.4 Å². The van der Waals surface area contributed by atoms with Crippen LogP contribution in [0.3, 0.4) is 0 Å². The molecule has 0 fully saturated rings. The second kappa shape index (κ2) is 4.61. The summed E-state index contributed by atoms with van der Waals surface area (Å²) in [5.41, 5.74) is 0. The van der Waals surface area contributed by atoms with Crippen molar-refractivity contribution >= 4 is 22.6 Å². The van der Waals surface area contributed by atoms with Crippen LogP contribution in [-0.4, -0.2) is 15.3 Å². The minimum Gasteiger partial charge on any atom is -0.294 e. The predicted octanol–water partition coefficient (Wildman–Crippen LogP) is 1.02. The predicted molar refractivity (Wildman–Crippen MR) is 46.8 cm³/mol. The highest BCUT2D eigenvalue weighted by atomic mass is 32.2. The minimum absolute atomic E-state index is 0.545. The molecule has 62 valence electrons. The molecule has 0 saturated heterocycles. The Morgan fingerprint density at radius 2 is 2.55 bits per heavy atom. The van der Waals surface area contributed by atoms with Crippen LogP contribution in [0.1, 0.15) is 4.88 Å². The van der Waals surface area contributed by atoms with Crippen molar-refractivity contribution in [3.8, 4) is 0 Å². The Labute approximate surface area is 71.9 Å². The molecule has 0 aliphatic carbocycles. The maximum Gasteiger partial charge on any atom is 0.231 e. The quantitative estimate of drug-likeness (QED) is 0.698. The van der Waals surface area contributed by atoms with Gasteiger partial charge in [-0.05, 0) is 17.9 Å². The molecule has 1 heterocycles. The summed E-state index contributed by atoms with van der Waals surface area (Å²) in [7, 11) is 0. The Hall–Kier alpha value is -0.230. The Morgan fingerprint density at radius 3 is 3.09 bits per heavy atom.